The number of aliphatic hydroxyl groups is 1. The van der Waals surface area contributed by atoms with Gasteiger partial charge in [-0.3, -0.25) is 10.1 Å². The summed E-state index contributed by atoms with van der Waals surface area (Å²) < 4.78 is 5.91. The molecule has 3 atom stereocenters. The first-order chi connectivity index (χ1) is 13.6. The Morgan fingerprint density at radius 3 is 2.79 bits per heavy atom. The zero-order chi connectivity index (χ0) is 19.9. The van der Waals surface area contributed by atoms with Crippen molar-refractivity contribution in [3.63, 3.8) is 0 Å². The number of nitrogens with zero attached hydrogens (tertiary/aromatic N) is 2. The maximum Gasteiger partial charge on any atom is 0.272 e. The minimum Gasteiger partial charge on any atom is -0.477 e. The van der Waals surface area contributed by atoms with Crippen LogP contribution in [0.2, 0.25) is 0 Å². The molecule has 6 nitrogen and oxygen atoms in total. The molecule has 1 aromatic heterocycles. The van der Waals surface area contributed by atoms with E-state index in [1.165, 1.54) is 0 Å². The Bertz CT molecular complexity index is 801. The van der Waals surface area contributed by atoms with E-state index in [-0.39, 0.29) is 28.5 Å². The third-order valence-electron chi connectivity index (χ3n) is 5.43. The molecule has 0 aliphatic heterocycles. The molecule has 0 saturated heterocycles. The van der Waals surface area contributed by atoms with Crippen molar-refractivity contribution >= 4 is 17.3 Å². The summed E-state index contributed by atoms with van der Waals surface area (Å²) in [6, 6.07) is 12.5. The number of aromatic nitrogens is 1. The van der Waals surface area contributed by atoms with Crippen molar-refractivity contribution in [1.82, 2.24) is 4.98 Å². The smallest absolute Gasteiger partial charge is 0.272 e. The minimum atomic E-state index is -0.319. The highest BCUT2D eigenvalue weighted by Gasteiger charge is 2.35. The number of nitro benzene ring substituents is 1. The topological polar surface area (TPSA) is 85.5 Å². The molecule has 0 amide bonds. The number of hydrogen-bond acceptors (Lipinski definition) is 5. The number of alkyl halides is 1. The standard InChI is InChI=1S/C21H25ClN2O4/c22-19-11-10-15(8-9-16-4-1-2-6-20(16)24(26)27)18(19)14-28-21-7-3-5-17(23-21)12-13-25/h1-7,15,18-19,25H,8-14H2/t15-,18+,19?/m0/s1. The molecule has 150 valence electrons. The van der Waals surface area contributed by atoms with Crippen LogP contribution >= 0.6 is 11.6 Å². The summed E-state index contributed by atoms with van der Waals surface area (Å²) in [5.41, 5.74) is 1.74. The molecule has 0 bridgehead atoms. The van der Waals surface area contributed by atoms with E-state index in [1.807, 2.05) is 24.3 Å². The van der Waals surface area contributed by atoms with E-state index in [1.54, 1.807) is 18.2 Å². The maximum atomic E-state index is 11.2. The molecule has 28 heavy (non-hydrogen) atoms. The van der Waals surface area contributed by atoms with Crippen LogP contribution in [0, 0.1) is 22.0 Å². The van der Waals surface area contributed by atoms with Crippen LogP contribution < -0.4 is 4.74 Å². The number of aliphatic hydroxyl groups excluding tert-OH is 1. The normalized spacial score (nSPS) is 21.6. The van der Waals surface area contributed by atoms with Crippen LogP contribution in [0.5, 0.6) is 5.88 Å². The molecule has 7 heteroatoms. The van der Waals surface area contributed by atoms with Crippen molar-refractivity contribution < 1.29 is 14.8 Å². The van der Waals surface area contributed by atoms with Crippen LogP contribution in [0.3, 0.4) is 0 Å². The molecule has 2 aromatic rings. The third-order valence-corrected chi connectivity index (χ3v) is 5.97. The molecule has 1 heterocycles. The van der Waals surface area contributed by atoms with Crippen LogP contribution in [0.4, 0.5) is 5.69 Å². The van der Waals surface area contributed by atoms with Crippen LogP contribution in [0.25, 0.3) is 0 Å². The predicted octanol–water partition coefficient (Wildman–Crippen LogP) is 4.17. The van der Waals surface area contributed by atoms with Gasteiger partial charge in [0.15, 0.2) is 0 Å². The van der Waals surface area contributed by atoms with Crippen LogP contribution in [-0.4, -0.2) is 33.6 Å². The maximum absolute atomic E-state index is 11.2. The van der Waals surface area contributed by atoms with E-state index in [0.717, 1.165) is 30.5 Å². The van der Waals surface area contributed by atoms with E-state index in [2.05, 4.69) is 4.98 Å². The summed E-state index contributed by atoms with van der Waals surface area (Å²) in [5.74, 6) is 1.09. The fourth-order valence-electron chi connectivity index (χ4n) is 3.91. The molecular formula is C21H25ClN2O4. The summed E-state index contributed by atoms with van der Waals surface area (Å²) >= 11 is 6.54. The fourth-order valence-corrected chi connectivity index (χ4v) is 4.31. The number of aryl methyl sites for hydroxylation is 1. The molecule has 0 spiro atoms. The lowest BCUT2D eigenvalue weighted by Crippen LogP contribution is -2.24. The second-order valence-electron chi connectivity index (χ2n) is 7.19. The van der Waals surface area contributed by atoms with Crippen molar-refractivity contribution in [2.24, 2.45) is 11.8 Å². The highest BCUT2D eigenvalue weighted by atomic mass is 35.5. The molecule has 1 N–H and O–H groups in total. The van der Waals surface area contributed by atoms with E-state index in [4.69, 9.17) is 21.4 Å². The summed E-state index contributed by atoms with van der Waals surface area (Å²) in [7, 11) is 0. The Morgan fingerprint density at radius 1 is 1.18 bits per heavy atom. The van der Waals surface area contributed by atoms with Crippen molar-refractivity contribution in [3.05, 3.63) is 63.8 Å². The minimum absolute atomic E-state index is 0.0383. The number of nitro groups is 1. The monoisotopic (exact) mass is 404 g/mol. The lowest BCUT2D eigenvalue weighted by Gasteiger charge is -2.22. The number of pyridine rings is 1. The molecule has 1 aromatic carbocycles. The Balaban J connectivity index is 1.60. The van der Waals surface area contributed by atoms with Crippen molar-refractivity contribution in [2.75, 3.05) is 13.2 Å². The highest BCUT2D eigenvalue weighted by molar-refractivity contribution is 6.21. The van der Waals surface area contributed by atoms with Gasteiger partial charge in [0.2, 0.25) is 5.88 Å². The Hall–Kier alpha value is -2.18. The summed E-state index contributed by atoms with van der Waals surface area (Å²) in [6.45, 7) is 0.530. The molecule has 0 radical (unpaired) electrons. The first-order valence-electron chi connectivity index (χ1n) is 9.64. The van der Waals surface area contributed by atoms with Gasteiger partial charge in [-0.2, -0.15) is 0 Å². The van der Waals surface area contributed by atoms with Gasteiger partial charge >= 0.3 is 0 Å². The van der Waals surface area contributed by atoms with Gasteiger partial charge < -0.3 is 9.84 Å². The molecule has 3 rings (SSSR count). The summed E-state index contributed by atoms with van der Waals surface area (Å²) in [5, 5.41) is 20.3. The second kappa shape index (κ2) is 9.85. The number of benzene rings is 1. The van der Waals surface area contributed by atoms with E-state index in [9.17, 15) is 10.1 Å². The zero-order valence-corrected chi connectivity index (χ0v) is 16.4. The van der Waals surface area contributed by atoms with Gasteiger partial charge in [-0.1, -0.05) is 24.3 Å². The average molecular weight is 405 g/mol. The second-order valence-corrected chi connectivity index (χ2v) is 7.75. The lowest BCUT2D eigenvalue weighted by atomic mass is 9.90. The average Bonchev–Trinajstić information content (AvgIpc) is 3.05. The SMILES string of the molecule is O=[N+]([O-])c1ccccc1CC[C@H]1CCC(Cl)[C@@H]1COc1cccc(CCO)n1. The molecule has 1 aliphatic carbocycles. The first-order valence-corrected chi connectivity index (χ1v) is 10.1. The van der Waals surface area contributed by atoms with Gasteiger partial charge in [0.05, 0.1) is 11.5 Å². The van der Waals surface area contributed by atoms with Gasteiger partial charge in [0.25, 0.3) is 5.69 Å². The van der Waals surface area contributed by atoms with Crippen molar-refractivity contribution in [3.8, 4) is 5.88 Å². The van der Waals surface area contributed by atoms with Crippen LogP contribution in [0.15, 0.2) is 42.5 Å². The molecule has 1 fully saturated rings. The van der Waals surface area contributed by atoms with E-state index >= 15 is 0 Å². The predicted molar refractivity (Wildman–Crippen MR) is 108 cm³/mol. The molecule has 1 saturated carbocycles. The van der Waals surface area contributed by atoms with Crippen molar-refractivity contribution in [2.45, 2.75) is 37.5 Å². The van der Waals surface area contributed by atoms with Gasteiger partial charge in [-0.25, -0.2) is 4.98 Å². The largest absolute Gasteiger partial charge is 0.477 e. The van der Waals surface area contributed by atoms with Gasteiger partial charge in [-0.05, 0) is 37.7 Å². The van der Waals surface area contributed by atoms with Gasteiger partial charge in [0, 0.05) is 47.7 Å². The summed E-state index contributed by atoms with van der Waals surface area (Å²) in [4.78, 5) is 15.3. The first kappa shape index (κ1) is 20.6. The Kier molecular flexibility index (Phi) is 7.23. The molecular weight excluding hydrogens is 380 g/mol. The van der Waals surface area contributed by atoms with Crippen LogP contribution in [-0.2, 0) is 12.8 Å². The van der Waals surface area contributed by atoms with Crippen LogP contribution in [0.1, 0.15) is 30.5 Å². The number of para-hydroxylation sites is 1. The van der Waals surface area contributed by atoms with Gasteiger partial charge in [-0.15, -0.1) is 11.6 Å². The Labute approximate surface area is 169 Å². The zero-order valence-electron chi connectivity index (χ0n) is 15.7. The van der Waals surface area contributed by atoms with Crippen molar-refractivity contribution in [1.29, 1.82) is 0 Å². The number of ether oxygens (including phenoxy) is 1. The molecule has 1 unspecified atom stereocenters. The fraction of sp³-hybridized carbons (Fsp3) is 0.476. The highest BCUT2D eigenvalue weighted by Crippen LogP contribution is 2.39. The van der Waals surface area contributed by atoms with E-state index < -0.39 is 0 Å². The lowest BCUT2D eigenvalue weighted by molar-refractivity contribution is -0.385. The molecule has 1 aliphatic rings. The Morgan fingerprint density at radius 2 is 2.00 bits per heavy atom. The quantitative estimate of drug-likeness (QED) is 0.385. The third kappa shape index (κ3) is 5.20. The number of halogens is 1. The number of rotatable bonds is 9. The van der Waals surface area contributed by atoms with Gasteiger partial charge in [0.1, 0.15) is 0 Å². The number of hydrogen-bond donors (Lipinski definition) is 1. The summed E-state index contributed by atoms with van der Waals surface area (Å²) in [6.07, 6.45) is 3.93. The van der Waals surface area contributed by atoms with E-state index in [0.29, 0.717) is 31.2 Å².